The van der Waals surface area contributed by atoms with Gasteiger partial charge in [0.15, 0.2) is 0 Å². The van der Waals surface area contributed by atoms with E-state index < -0.39 is 5.97 Å². The molecule has 10 nitrogen and oxygen atoms in total. The number of aromatic nitrogens is 4. The number of carboxylic acid groups (broad SMARTS) is 1. The van der Waals surface area contributed by atoms with Crippen LogP contribution >= 0.6 is 47.1 Å². The van der Waals surface area contributed by atoms with E-state index in [1.54, 1.807) is 0 Å². The molecule has 0 amide bonds. The van der Waals surface area contributed by atoms with Crippen molar-refractivity contribution in [3.63, 3.8) is 0 Å². The second-order valence-electron chi connectivity index (χ2n) is 12.5. The minimum absolute atomic E-state index is 0. The largest absolute Gasteiger partial charge is 2.00 e. The molecule has 0 aliphatic heterocycles. The summed E-state index contributed by atoms with van der Waals surface area (Å²) in [6.45, 7) is 4.83. The van der Waals surface area contributed by atoms with Gasteiger partial charge < -0.3 is 25.5 Å². The van der Waals surface area contributed by atoms with Crippen LogP contribution in [0.3, 0.4) is 0 Å². The summed E-state index contributed by atoms with van der Waals surface area (Å²) in [5.41, 5.74) is 5.09. The van der Waals surface area contributed by atoms with Crippen molar-refractivity contribution in [1.29, 1.82) is 0 Å². The number of unbranched alkanes of at least 4 members (excludes halogenated alkanes) is 6. The van der Waals surface area contributed by atoms with Crippen LogP contribution in [0.25, 0.3) is 54.5 Å². The fraction of sp³-hybridized carbons (Fsp3) is 0.273. The number of hydrogen-bond donors (Lipinski definition) is 0. The van der Waals surface area contributed by atoms with Crippen LogP contribution in [0.4, 0.5) is 0 Å². The first kappa shape index (κ1) is 54.2. The van der Waals surface area contributed by atoms with Gasteiger partial charge in [0.05, 0.1) is 28.7 Å². The zero-order chi connectivity index (χ0) is 42.0. The normalized spacial score (nSPS) is 9.57. The summed E-state index contributed by atoms with van der Waals surface area (Å²) in [6, 6.07) is 23.4. The Morgan fingerprint density at radius 3 is 1.52 bits per heavy atom. The Morgan fingerprint density at radius 2 is 1.08 bits per heavy atom. The molecule has 0 saturated heterocycles. The van der Waals surface area contributed by atoms with E-state index in [0.717, 1.165) is 11.4 Å². The molecule has 306 valence electrons. The van der Waals surface area contributed by atoms with Crippen molar-refractivity contribution in [1.82, 2.24) is 19.9 Å². The Kier molecular flexibility index (Phi) is 28.9. The van der Waals surface area contributed by atoms with Gasteiger partial charge in [-0.05, 0) is 104 Å². The molecular formula is C44H43N6NaO4RuS4. The van der Waals surface area contributed by atoms with E-state index in [1.165, 1.54) is 142 Å². The third kappa shape index (κ3) is 19.3. The summed E-state index contributed by atoms with van der Waals surface area (Å²) in [5, 5.41) is 27.7. The molecule has 0 unspecified atom stereocenters. The minimum atomic E-state index is -1.29. The maximum atomic E-state index is 10.7. The predicted molar refractivity (Wildman–Crippen MR) is 240 cm³/mol. The zero-order valence-corrected chi connectivity index (χ0v) is 40.7. The first-order chi connectivity index (χ1) is 28.3. The average molecular weight is 972 g/mol. The van der Waals surface area contributed by atoms with Crippen LogP contribution < -0.4 is 39.4 Å². The monoisotopic (exact) mass is 972 g/mol. The number of carboxylic acids is 1. The van der Waals surface area contributed by atoms with Gasteiger partial charge in [0.25, 0.3) is 6.47 Å². The number of rotatable bonds is 17. The Hall–Kier alpha value is -3.84. The van der Waals surface area contributed by atoms with Gasteiger partial charge in [-0.15, -0.1) is 22.7 Å². The molecule has 0 aliphatic rings. The van der Waals surface area contributed by atoms with Gasteiger partial charge in [-0.25, -0.2) is 0 Å². The molecule has 0 aliphatic carbocycles. The number of thiocarbonyl (C=S) groups is 2. The van der Waals surface area contributed by atoms with Crippen LogP contribution in [0, 0.1) is 0 Å². The standard InChI is InChI=1S/C30H36N2S2.C12H8N2O4.2CNS.Na.Ru/c1-3-5-7-9-11-25-13-15-29(33-25)23-17-19-31-27(21-23)28-22-24(18-20-32-28)30-16-14-26(34-30)12-10-8-6-4-2;15-7-18-9-2-4-14-11(6-9)10-5-8(12(16)17)1-3-13-10;2*2-1-3;;/h13-22H,3-12H2,1-2H3;1-7H,(H,16,17);;;;/q;;2*-1;+1;+2/p-1. The summed E-state index contributed by atoms with van der Waals surface area (Å²) < 4.78 is 4.67. The second-order valence-corrected chi connectivity index (χ2v) is 15.2. The van der Waals surface area contributed by atoms with Crippen LogP contribution in [-0.2, 0) is 37.1 Å². The summed E-state index contributed by atoms with van der Waals surface area (Å²) in [5.74, 6) is -0.991. The molecule has 0 aromatic carbocycles. The van der Waals surface area contributed by atoms with E-state index in [4.69, 9.17) is 10.8 Å². The van der Waals surface area contributed by atoms with Crippen molar-refractivity contribution < 1.29 is 68.5 Å². The average Bonchev–Trinajstić information content (AvgIpc) is 3.93. The van der Waals surface area contributed by atoms with E-state index >= 15 is 0 Å². The fourth-order valence-electron chi connectivity index (χ4n) is 5.61. The number of thiophene rings is 2. The van der Waals surface area contributed by atoms with Crippen molar-refractivity contribution in [2.24, 2.45) is 0 Å². The van der Waals surface area contributed by atoms with Gasteiger partial charge in [-0.1, -0.05) is 76.8 Å². The number of ether oxygens (including phenoxy) is 1. The minimum Gasteiger partial charge on any atom is -0.753 e. The molecule has 0 atom stereocenters. The van der Waals surface area contributed by atoms with E-state index in [0.29, 0.717) is 23.6 Å². The summed E-state index contributed by atoms with van der Waals surface area (Å²) in [7, 11) is 0. The van der Waals surface area contributed by atoms with Gasteiger partial charge >= 0.3 is 49.0 Å². The van der Waals surface area contributed by atoms with Gasteiger partial charge in [0, 0.05) is 55.9 Å². The smallest absolute Gasteiger partial charge is 0.753 e. The number of aryl methyl sites for hydroxylation is 2. The quantitative estimate of drug-likeness (QED) is 0.0286. The van der Waals surface area contributed by atoms with E-state index in [9.17, 15) is 14.7 Å². The number of hydrogen-bond acceptors (Lipinski definition) is 12. The van der Waals surface area contributed by atoms with Crippen molar-refractivity contribution in [3.05, 3.63) is 124 Å². The first-order valence-electron chi connectivity index (χ1n) is 18.7. The molecule has 0 saturated carbocycles. The molecule has 60 heavy (non-hydrogen) atoms. The number of carbonyl (C=O) groups is 2. The number of carbonyl (C=O) groups excluding carboxylic acids is 2. The van der Waals surface area contributed by atoms with Gasteiger partial charge in [0.1, 0.15) is 5.75 Å². The van der Waals surface area contributed by atoms with E-state index in [2.05, 4.69) is 111 Å². The molecule has 6 rings (SSSR count). The van der Waals surface area contributed by atoms with Crippen LogP contribution in [0.1, 0.15) is 85.3 Å². The van der Waals surface area contributed by atoms with Gasteiger partial charge in [-0.2, -0.15) is 10.3 Å². The first-order valence-corrected chi connectivity index (χ1v) is 21.1. The van der Waals surface area contributed by atoms with Crippen molar-refractivity contribution in [2.75, 3.05) is 0 Å². The Labute approximate surface area is 405 Å². The van der Waals surface area contributed by atoms with Crippen LogP contribution in [0.5, 0.6) is 5.75 Å². The number of isothiocyanates is 2. The van der Waals surface area contributed by atoms with Gasteiger partial charge in [0.2, 0.25) is 0 Å². The van der Waals surface area contributed by atoms with Crippen molar-refractivity contribution in [3.8, 4) is 49.4 Å². The molecule has 0 fully saturated rings. The fourth-order valence-corrected chi connectivity index (χ4v) is 7.70. The summed E-state index contributed by atoms with van der Waals surface area (Å²) in [6.07, 6.45) is 19.5. The third-order valence-corrected chi connectivity index (χ3v) is 10.8. The maximum absolute atomic E-state index is 10.7. The van der Waals surface area contributed by atoms with Crippen LogP contribution in [0.2, 0.25) is 0 Å². The van der Waals surface area contributed by atoms with Crippen LogP contribution in [-0.4, -0.2) is 42.7 Å². The SMILES string of the molecule is CCCCCCc1ccc(-c2ccnc(-c3cc(-c4ccc(CCCCCC)s4)ccn3)c2)s1.O=COc1ccnc(-c2cc(C(=O)[O-])ccn2)c1.[N-]=C=S.[N-]=C=S.[Na+].[Ru+2]. The molecule has 6 heterocycles. The molecule has 0 N–H and O–H groups in total. The predicted octanol–water partition coefficient (Wildman–Crippen LogP) is 8.21. The number of aromatic carboxylic acids is 1. The second kappa shape index (κ2) is 32.0. The Morgan fingerprint density at radius 1 is 0.667 bits per heavy atom. The topological polar surface area (TPSA) is 163 Å². The molecule has 0 bridgehead atoms. The number of pyridine rings is 4. The Bertz CT molecular complexity index is 2160. The third-order valence-electron chi connectivity index (χ3n) is 8.40. The molecule has 6 aromatic rings. The molecule has 0 radical (unpaired) electrons. The zero-order valence-electron chi connectivity index (χ0n) is 33.7. The molecular weight excluding hydrogens is 929 g/mol. The maximum Gasteiger partial charge on any atom is 2.00 e. The molecule has 0 spiro atoms. The molecule has 6 aromatic heterocycles. The van der Waals surface area contributed by atoms with E-state index in [-0.39, 0.29) is 54.6 Å². The molecule has 16 heteroatoms. The number of nitrogens with zero attached hydrogens (tertiary/aromatic N) is 6. The summed E-state index contributed by atoms with van der Waals surface area (Å²) in [4.78, 5) is 43.9. The Balaban J connectivity index is 0.000000584. The van der Waals surface area contributed by atoms with Crippen molar-refractivity contribution >= 4 is 69.9 Å². The van der Waals surface area contributed by atoms with Crippen LogP contribution in [0.15, 0.2) is 97.6 Å². The van der Waals surface area contributed by atoms with Crippen molar-refractivity contribution in [2.45, 2.75) is 78.1 Å². The summed E-state index contributed by atoms with van der Waals surface area (Å²) >= 11 is 11.2. The van der Waals surface area contributed by atoms with Gasteiger partial charge in [-0.3, -0.25) is 24.7 Å². The van der Waals surface area contributed by atoms with E-state index in [1.807, 2.05) is 35.1 Å².